The Labute approximate surface area is 162 Å². The minimum absolute atomic E-state index is 0.00321. The van der Waals surface area contributed by atoms with Crippen LogP contribution in [0.3, 0.4) is 0 Å². The maximum absolute atomic E-state index is 12.6. The van der Waals surface area contributed by atoms with Gasteiger partial charge in [0.2, 0.25) is 5.95 Å². The largest absolute Gasteiger partial charge is 0.394 e. The van der Waals surface area contributed by atoms with Crippen molar-refractivity contribution >= 4 is 23.0 Å². The highest BCUT2D eigenvalue weighted by Gasteiger charge is 2.22. The van der Waals surface area contributed by atoms with Crippen LogP contribution in [0.2, 0.25) is 0 Å². The van der Waals surface area contributed by atoms with Crippen molar-refractivity contribution in [3.05, 3.63) is 47.5 Å². The van der Waals surface area contributed by atoms with Crippen molar-refractivity contribution in [3.63, 3.8) is 0 Å². The first-order valence-electron chi connectivity index (χ1n) is 9.31. The second-order valence-corrected chi connectivity index (χ2v) is 6.92. The van der Waals surface area contributed by atoms with Crippen molar-refractivity contribution in [2.24, 2.45) is 0 Å². The summed E-state index contributed by atoms with van der Waals surface area (Å²) >= 11 is 0. The lowest BCUT2D eigenvalue weighted by atomic mass is 10.1. The van der Waals surface area contributed by atoms with Gasteiger partial charge in [-0.2, -0.15) is 0 Å². The molecular weight excluding hydrogens is 358 g/mol. The molecule has 4 rings (SSSR count). The molecule has 4 N–H and O–H groups in total. The van der Waals surface area contributed by atoms with Crippen LogP contribution in [0.4, 0.5) is 10.7 Å². The number of carbonyl (C=O) groups is 1. The molecule has 1 aromatic carbocycles. The quantitative estimate of drug-likeness (QED) is 0.531. The van der Waals surface area contributed by atoms with Crippen molar-refractivity contribution in [2.75, 3.05) is 18.5 Å². The lowest BCUT2D eigenvalue weighted by Gasteiger charge is -2.28. The highest BCUT2D eigenvalue weighted by molar-refractivity contribution is 5.76. The summed E-state index contributed by atoms with van der Waals surface area (Å²) < 4.78 is 0. The maximum atomic E-state index is 12.6. The molecule has 2 aromatic heterocycles. The Kier molecular flexibility index (Phi) is 5.07. The third-order valence-electron chi connectivity index (χ3n) is 4.73. The fraction of sp³-hybridized carbons (Fsp3) is 0.368. The van der Waals surface area contributed by atoms with E-state index in [1.54, 1.807) is 11.1 Å². The van der Waals surface area contributed by atoms with Crippen LogP contribution >= 0.6 is 0 Å². The molecule has 0 aliphatic carbocycles. The van der Waals surface area contributed by atoms with E-state index >= 15 is 0 Å². The summed E-state index contributed by atoms with van der Waals surface area (Å²) in [6.07, 6.45) is 2.50. The second-order valence-electron chi connectivity index (χ2n) is 6.92. The number of nitrogens with zero attached hydrogens (tertiary/aromatic N) is 4. The second kappa shape index (κ2) is 7.81. The van der Waals surface area contributed by atoms with Crippen LogP contribution in [-0.2, 0) is 19.5 Å². The number of aliphatic hydroxyl groups is 1. The van der Waals surface area contributed by atoms with E-state index in [0.717, 1.165) is 28.1 Å². The van der Waals surface area contributed by atoms with Crippen molar-refractivity contribution in [1.82, 2.24) is 30.2 Å². The third-order valence-corrected chi connectivity index (χ3v) is 4.73. The third kappa shape index (κ3) is 3.89. The molecule has 3 aromatic rings. The molecule has 0 spiro atoms. The highest BCUT2D eigenvalue weighted by Crippen LogP contribution is 2.18. The zero-order valence-corrected chi connectivity index (χ0v) is 15.6. The van der Waals surface area contributed by atoms with Crippen molar-refractivity contribution < 1.29 is 9.90 Å². The number of aromatic nitrogens is 4. The molecule has 0 fully saturated rings. The number of hydrogen-bond donors (Lipinski definition) is 4. The number of urea groups is 1. The van der Waals surface area contributed by atoms with Crippen LogP contribution in [0.1, 0.15) is 24.0 Å². The van der Waals surface area contributed by atoms with E-state index in [1.807, 2.05) is 31.2 Å². The van der Waals surface area contributed by atoms with Gasteiger partial charge in [-0.1, -0.05) is 12.1 Å². The molecule has 0 radical (unpaired) electrons. The number of para-hydroxylation sites is 2. The number of amides is 2. The summed E-state index contributed by atoms with van der Waals surface area (Å²) in [6, 6.07) is 7.48. The Morgan fingerprint density at radius 2 is 2.21 bits per heavy atom. The van der Waals surface area contributed by atoms with E-state index in [2.05, 4.69) is 30.6 Å². The fourth-order valence-electron chi connectivity index (χ4n) is 3.17. The first kappa shape index (κ1) is 18.2. The number of H-pyrrole nitrogens is 1. The normalized spacial score (nSPS) is 14.6. The number of carbonyl (C=O) groups excluding carboxylic acids is 1. The lowest BCUT2D eigenvalue weighted by molar-refractivity contribution is 0.190. The predicted octanol–water partition coefficient (Wildman–Crippen LogP) is 1.41. The smallest absolute Gasteiger partial charge is 0.318 e. The first-order valence-corrected chi connectivity index (χ1v) is 9.31. The average molecular weight is 381 g/mol. The van der Waals surface area contributed by atoms with Crippen LogP contribution < -0.4 is 10.6 Å². The molecule has 146 valence electrons. The van der Waals surface area contributed by atoms with E-state index in [1.165, 1.54) is 0 Å². The number of anilines is 1. The van der Waals surface area contributed by atoms with Crippen LogP contribution in [-0.4, -0.2) is 55.2 Å². The Morgan fingerprint density at radius 1 is 1.36 bits per heavy atom. The summed E-state index contributed by atoms with van der Waals surface area (Å²) in [4.78, 5) is 30.8. The van der Waals surface area contributed by atoms with Crippen LogP contribution in [0.5, 0.6) is 0 Å². The van der Waals surface area contributed by atoms with Gasteiger partial charge in [0.15, 0.2) is 0 Å². The van der Waals surface area contributed by atoms with Gasteiger partial charge in [0.25, 0.3) is 0 Å². The molecule has 0 unspecified atom stereocenters. The van der Waals surface area contributed by atoms with Gasteiger partial charge in [-0.05, 0) is 31.0 Å². The molecule has 28 heavy (non-hydrogen) atoms. The number of fused-ring (bicyclic) bond motifs is 2. The first-order chi connectivity index (χ1) is 13.6. The molecule has 2 amide bonds. The van der Waals surface area contributed by atoms with Gasteiger partial charge in [0.1, 0.15) is 5.82 Å². The van der Waals surface area contributed by atoms with Gasteiger partial charge < -0.3 is 25.6 Å². The molecule has 0 saturated carbocycles. The number of aliphatic hydroxyl groups excluding tert-OH is 1. The van der Waals surface area contributed by atoms with Crippen LogP contribution in [0.15, 0.2) is 30.5 Å². The maximum Gasteiger partial charge on any atom is 0.318 e. The van der Waals surface area contributed by atoms with Gasteiger partial charge >= 0.3 is 6.03 Å². The Morgan fingerprint density at radius 3 is 3.04 bits per heavy atom. The summed E-state index contributed by atoms with van der Waals surface area (Å²) in [6.45, 7) is 3.22. The number of rotatable bonds is 5. The zero-order chi connectivity index (χ0) is 19.5. The predicted molar refractivity (Wildman–Crippen MR) is 105 cm³/mol. The topological polar surface area (TPSA) is 119 Å². The minimum atomic E-state index is -0.150. The molecule has 1 aliphatic rings. The fourth-order valence-corrected chi connectivity index (χ4v) is 3.17. The molecule has 3 heterocycles. The van der Waals surface area contributed by atoms with Gasteiger partial charge in [-0.25, -0.2) is 19.7 Å². The van der Waals surface area contributed by atoms with Crippen molar-refractivity contribution in [3.8, 4) is 0 Å². The number of aromatic amines is 1. The monoisotopic (exact) mass is 381 g/mol. The van der Waals surface area contributed by atoms with Crippen LogP contribution in [0, 0.1) is 0 Å². The summed E-state index contributed by atoms with van der Waals surface area (Å²) in [5.41, 5.74) is 3.70. The number of nitrogens with one attached hydrogen (secondary N) is 3. The van der Waals surface area contributed by atoms with E-state index in [9.17, 15) is 4.79 Å². The molecule has 0 bridgehead atoms. The zero-order valence-electron chi connectivity index (χ0n) is 15.6. The van der Waals surface area contributed by atoms with Gasteiger partial charge in [-0.3, -0.25) is 0 Å². The Bertz CT molecular complexity index is 954. The van der Waals surface area contributed by atoms with E-state index in [4.69, 9.17) is 5.11 Å². The van der Waals surface area contributed by atoms with Crippen molar-refractivity contribution in [1.29, 1.82) is 0 Å². The number of hydrogen-bond acceptors (Lipinski definition) is 6. The standard InChI is InChI=1S/C19H23N7O2/c1-12(11-27)22-18-20-8-13-6-7-26(10-16(13)25-18)19(28)21-9-17-23-14-4-2-3-5-15(14)24-17/h2-5,8,12,27H,6-7,9-11H2,1H3,(H,21,28)(H,23,24)(H,20,22,25)/t12-/m0/s1. The summed E-state index contributed by atoms with van der Waals surface area (Å²) in [5, 5.41) is 15.1. The Hall–Kier alpha value is -3.20. The van der Waals surface area contributed by atoms with Gasteiger partial charge in [0, 0.05) is 18.8 Å². The Balaban J connectivity index is 1.38. The van der Waals surface area contributed by atoms with Crippen LogP contribution in [0.25, 0.3) is 11.0 Å². The minimum Gasteiger partial charge on any atom is -0.394 e. The molecular formula is C19H23N7O2. The van der Waals surface area contributed by atoms with Gasteiger partial charge in [0.05, 0.1) is 36.4 Å². The lowest BCUT2D eigenvalue weighted by Crippen LogP contribution is -2.43. The molecule has 9 heteroatoms. The summed E-state index contributed by atoms with van der Waals surface area (Å²) in [5.74, 6) is 1.18. The molecule has 0 saturated heterocycles. The number of imidazole rings is 1. The summed E-state index contributed by atoms with van der Waals surface area (Å²) in [7, 11) is 0. The van der Waals surface area contributed by atoms with E-state index < -0.39 is 0 Å². The molecule has 1 aliphatic heterocycles. The van der Waals surface area contributed by atoms with Crippen molar-refractivity contribution in [2.45, 2.75) is 32.5 Å². The van der Waals surface area contributed by atoms with E-state index in [0.29, 0.717) is 32.0 Å². The average Bonchev–Trinajstić information content (AvgIpc) is 3.14. The van der Waals surface area contributed by atoms with Gasteiger partial charge in [-0.15, -0.1) is 0 Å². The SMILES string of the molecule is C[C@@H](CO)Nc1ncc2c(n1)CN(C(=O)NCc1nc3ccccc3[nH]1)CC2. The van der Waals surface area contributed by atoms with E-state index in [-0.39, 0.29) is 18.7 Å². The highest BCUT2D eigenvalue weighted by atomic mass is 16.3. The molecule has 9 nitrogen and oxygen atoms in total. The number of benzene rings is 1. The molecule has 1 atom stereocenters.